The van der Waals surface area contributed by atoms with Gasteiger partial charge in [-0.25, -0.2) is 9.37 Å². The van der Waals surface area contributed by atoms with Gasteiger partial charge in [-0.05, 0) is 24.3 Å². The van der Waals surface area contributed by atoms with Gasteiger partial charge in [-0.15, -0.1) is 0 Å². The van der Waals surface area contributed by atoms with Crippen LogP contribution in [0.15, 0.2) is 41.3 Å². The monoisotopic (exact) mass is 375 g/mol. The van der Waals surface area contributed by atoms with Crippen molar-refractivity contribution in [1.29, 1.82) is 0 Å². The Morgan fingerprint density at radius 1 is 1.28 bits per heavy atom. The molecule has 0 aliphatic rings. The van der Waals surface area contributed by atoms with Crippen molar-refractivity contribution in [2.45, 2.75) is 0 Å². The molecule has 126 valence electrons. The van der Waals surface area contributed by atoms with Crippen LogP contribution in [-0.2, 0) is 10.4 Å². The number of aromatic hydroxyl groups is 1. The van der Waals surface area contributed by atoms with Gasteiger partial charge in [-0.3, -0.25) is 4.55 Å². The van der Waals surface area contributed by atoms with Crippen LogP contribution >= 0.6 is 0 Å². The first-order valence-electron chi connectivity index (χ1n) is 6.49. The van der Waals surface area contributed by atoms with Gasteiger partial charge in [0.25, 0.3) is 0 Å². The average molecular weight is 375 g/mol. The van der Waals surface area contributed by atoms with E-state index in [-0.39, 0.29) is 57.9 Å². The first kappa shape index (κ1) is 19.4. The summed E-state index contributed by atoms with van der Waals surface area (Å²) in [6.07, 6.45) is 1.38. The molecule has 1 heterocycles. The van der Waals surface area contributed by atoms with E-state index < -0.39 is 22.0 Å². The van der Waals surface area contributed by atoms with Gasteiger partial charge in [0, 0.05) is 17.2 Å². The summed E-state index contributed by atoms with van der Waals surface area (Å²) < 4.78 is 53.9. The number of nitrogens with zero attached hydrogens (tertiary/aromatic N) is 1. The third kappa shape index (κ3) is 4.20. The Morgan fingerprint density at radius 2 is 2.00 bits per heavy atom. The molecule has 1 aromatic heterocycles. The third-order valence-electron chi connectivity index (χ3n) is 3.11. The molecule has 3 aromatic rings. The van der Waals surface area contributed by atoms with Crippen LogP contribution in [-0.4, -0.2) is 52.6 Å². The van der Waals surface area contributed by atoms with Crippen LogP contribution in [0.1, 0.15) is 5.56 Å². The predicted octanol–water partition coefficient (Wildman–Crippen LogP) is 2.52. The van der Waals surface area contributed by atoms with Gasteiger partial charge in [0.15, 0.2) is 17.1 Å². The van der Waals surface area contributed by atoms with Crippen LogP contribution in [0.3, 0.4) is 0 Å². The van der Waals surface area contributed by atoms with E-state index in [9.17, 15) is 17.9 Å². The van der Waals surface area contributed by atoms with E-state index in [1.165, 1.54) is 24.3 Å². The van der Waals surface area contributed by atoms with Crippen molar-refractivity contribution in [2.24, 2.45) is 0 Å². The fraction of sp³-hybridized carbons (Fsp3) is 0. The van der Waals surface area contributed by atoms with E-state index >= 15 is 0 Å². The summed E-state index contributed by atoms with van der Waals surface area (Å²) in [4.78, 5) is 4.13. The van der Waals surface area contributed by atoms with Crippen LogP contribution in [0, 0.1) is 5.82 Å². The van der Waals surface area contributed by atoms with Crippen molar-refractivity contribution in [3.05, 3.63) is 48.3 Å². The second kappa shape index (κ2) is 7.14. The summed E-state index contributed by atoms with van der Waals surface area (Å²) >= 11 is 0. The number of benzene rings is 2. The van der Waals surface area contributed by atoms with E-state index in [0.29, 0.717) is 5.56 Å². The maximum absolute atomic E-state index is 13.5. The Bertz CT molecular complexity index is 1060. The molecule has 0 spiro atoms. The van der Waals surface area contributed by atoms with Crippen LogP contribution in [0.25, 0.3) is 28.6 Å². The van der Waals surface area contributed by atoms with Crippen LogP contribution in [0.4, 0.5) is 4.39 Å². The minimum absolute atomic E-state index is 0. The number of oxazole rings is 1. The SMILES string of the molecule is C=Cc1cc(OS(=O)(=O)O)cc2nc(-c3ccc(O)c(F)c3)oc12.[NaH]. The van der Waals surface area contributed by atoms with Crippen LogP contribution < -0.4 is 4.18 Å². The molecule has 25 heavy (non-hydrogen) atoms. The van der Waals surface area contributed by atoms with E-state index in [1.54, 1.807) is 0 Å². The van der Waals surface area contributed by atoms with Crippen molar-refractivity contribution >= 4 is 57.1 Å². The zero-order valence-electron chi connectivity index (χ0n) is 11.9. The first-order chi connectivity index (χ1) is 11.3. The molecule has 0 aliphatic carbocycles. The van der Waals surface area contributed by atoms with Gasteiger partial charge >= 0.3 is 40.0 Å². The van der Waals surface area contributed by atoms with Gasteiger partial charge in [0.1, 0.15) is 11.3 Å². The molecule has 0 atom stereocenters. The molecule has 0 aliphatic heterocycles. The molecule has 0 saturated carbocycles. The molecular formula is C15H11FNNaO6S. The first-order valence-corrected chi connectivity index (χ1v) is 7.86. The fourth-order valence-electron chi connectivity index (χ4n) is 2.12. The number of phenolic OH excluding ortho intramolecular Hbond substituents is 1. The van der Waals surface area contributed by atoms with Crippen molar-refractivity contribution in [3.63, 3.8) is 0 Å². The molecule has 2 aromatic carbocycles. The van der Waals surface area contributed by atoms with E-state index in [1.807, 2.05) is 0 Å². The Morgan fingerprint density at radius 3 is 2.60 bits per heavy atom. The number of hydrogen-bond donors (Lipinski definition) is 2. The van der Waals surface area contributed by atoms with Gasteiger partial charge < -0.3 is 13.7 Å². The molecule has 0 unspecified atom stereocenters. The van der Waals surface area contributed by atoms with Gasteiger partial charge in [-0.1, -0.05) is 12.7 Å². The molecule has 2 N–H and O–H groups in total. The molecule has 10 heteroatoms. The Hall–Kier alpha value is -1.91. The van der Waals surface area contributed by atoms with Crippen molar-refractivity contribution in [3.8, 4) is 23.0 Å². The quantitative estimate of drug-likeness (QED) is 0.533. The van der Waals surface area contributed by atoms with Gasteiger partial charge in [0.2, 0.25) is 5.89 Å². The molecule has 0 radical (unpaired) electrons. The summed E-state index contributed by atoms with van der Waals surface area (Å²) in [5, 5.41) is 9.22. The number of hydrogen-bond acceptors (Lipinski definition) is 6. The summed E-state index contributed by atoms with van der Waals surface area (Å²) in [5.41, 5.74) is 1.13. The Balaban J connectivity index is 0.00000225. The molecule has 0 saturated heterocycles. The number of phenols is 1. The normalized spacial score (nSPS) is 11.1. The maximum atomic E-state index is 13.5. The molecule has 7 nitrogen and oxygen atoms in total. The van der Waals surface area contributed by atoms with Crippen molar-refractivity contribution < 1.29 is 31.1 Å². The Kier molecular flexibility index (Phi) is 5.55. The number of aromatic nitrogens is 1. The third-order valence-corrected chi connectivity index (χ3v) is 3.51. The van der Waals surface area contributed by atoms with Crippen molar-refractivity contribution in [1.82, 2.24) is 4.98 Å². The second-order valence-corrected chi connectivity index (χ2v) is 5.78. The Labute approximate surface area is 164 Å². The molecular weight excluding hydrogens is 364 g/mol. The summed E-state index contributed by atoms with van der Waals surface area (Å²) in [7, 11) is -4.70. The van der Waals surface area contributed by atoms with Crippen LogP contribution in [0.5, 0.6) is 11.5 Å². The minimum atomic E-state index is -4.70. The van der Waals surface area contributed by atoms with E-state index in [0.717, 1.165) is 12.1 Å². The molecule has 0 fully saturated rings. The molecule has 0 bridgehead atoms. The van der Waals surface area contributed by atoms with E-state index in [2.05, 4.69) is 15.7 Å². The second-order valence-electron chi connectivity index (χ2n) is 4.76. The average Bonchev–Trinajstić information content (AvgIpc) is 2.91. The zero-order valence-corrected chi connectivity index (χ0v) is 12.7. The van der Waals surface area contributed by atoms with Gasteiger partial charge in [-0.2, -0.15) is 8.42 Å². The molecule has 3 rings (SSSR count). The summed E-state index contributed by atoms with van der Waals surface area (Å²) in [6, 6.07) is 6.13. The predicted molar refractivity (Wildman–Crippen MR) is 90.5 cm³/mol. The molecule has 0 amide bonds. The zero-order chi connectivity index (χ0) is 17.5. The van der Waals surface area contributed by atoms with Crippen LogP contribution in [0.2, 0.25) is 0 Å². The number of rotatable bonds is 4. The van der Waals surface area contributed by atoms with Crippen molar-refractivity contribution in [2.75, 3.05) is 0 Å². The standard InChI is InChI=1S/C15H10FNO6S.Na.H/c1-2-8-5-10(23-24(19,20)21)7-12-14(8)22-15(17-12)9-3-4-13(18)11(16)6-9;;/h2-7,18H,1H2,(H,19,20,21);;. The number of halogens is 1. The van der Waals surface area contributed by atoms with Gasteiger partial charge in [0.05, 0.1) is 0 Å². The van der Waals surface area contributed by atoms with E-state index in [4.69, 9.17) is 8.97 Å². The topological polar surface area (TPSA) is 110 Å². The summed E-state index contributed by atoms with van der Waals surface area (Å²) in [5.74, 6) is -1.48. The number of fused-ring (bicyclic) bond motifs is 1. The fourth-order valence-corrected chi connectivity index (χ4v) is 2.46. The summed E-state index contributed by atoms with van der Waals surface area (Å²) in [6.45, 7) is 3.58.